The summed E-state index contributed by atoms with van der Waals surface area (Å²) in [6.07, 6.45) is 0. The van der Waals surface area contributed by atoms with Crippen LogP contribution in [-0.2, 0) is 0 Å². The Hall–Kier alpha value is -1.94. The van der Waals surface area contributed by atoms with E-state index in [1.165, 1.54) is 10.8 Å². The first-order valence-corrected chi connectivity index (χ1v) is 6.81. The summed E-state index contributed by atoms with van der Waals surface area (Å²) in [7, 11) is 4.97. The molecule has 0 N–H and O–H groups in total. The van der Waals surface area contributed by atoms with Crippen molar-refractivity contribution in [2.75, 3.05) is 21.3 Å². The van der Waals surface area contributed by atoms with Gasteiger partial charge >= 0.3 is 0 Å². The minimum absolute atomic E-state index is 0.711. The highest BCUT2D eigenvalue weighted by Crippen LogP contribution is 2.41. The lowest BCUT2D eigenvalue weighted by Gasteiger charge is -2.12. The number of ether oxygens (including phenoxy) is 3. The largest absolute Gasteiger partial charge is 0.496 e. The van der Waals surface area contributed by atoms with Crippen molar-refractivity contribution in [3.05, 3.63) is 29.0 Å². The molecule has 0 atom stereocenters. The van der Waals surface area contributed by atoms with Crippen LogP contribution in [0.3, 0.4) is 0 Å². The third kappa shape index (κ3) is 1.79. The van der Waals surface area contributed by atoms with Crippen LogP contribution in [0.15, 0.2) is 29.0 Å². The Balaban J connectivity index is 2.47. The molecule has 0 saturated heterocycles. The summed E-state index contributed by atoms with van der Waals surface area (Å²) in [5.74, 6) is 2.29. The van der Waals surface area contributed by atoms with Crippen molar-refractivity contribution < 1.29 is 14.2 Å². The van der Waals surface area contributed by atoms with Gasteiger partial charge in [0.15, 0.2) is 11.5 Å². The molecule has 98 valence electrons. The van der Waals surface area contributed by atoms with Gasteiger partial charge < -0.3 is 14.2 Å². The highest BCUT2D eigenvalue weighted by atomic mass is 32.1. The monoisotopic (exact) mass is 274 g/mol. The summed E-state index contributed by atoms with van der Waals surface area (Å²) in [6.45, 7) is 0. The molecule has 19 heavy (non-hydrogen) atoms. The number of rotatable bonds is 3. The molecule has 0 fully saturated rings. The van der Waals surface area contributed by atoms with E-state index in [1.807, 2.05) is 12.1 Å². The van der Waals surface area contributed by atoms with Crippen LogP contribution in [0.1, 0.15) is 0 Å². The zero-order chi connectivity index (χ0) is 13.4. The van der Waals surface area contributed by atoms with E-state index >= 15 is 0 Å². The fourth-order valence-corrected chi connectivity index (χ4v) is 3.14. The van der Waals surface area contributed by atoms with Gasteiger partial charge in [-0.2, -0.15) is 11.3 Å². The first kappa shape index (κ1) is 12.1. The summed E-state index contributed by atoms with van der Waals surface area (Å²) in [4.78, 5) is 0. The third-order valence-corrected chi connectivity index (χ3v) is 4.04. The molecule has 3 nitrogen and oxygen atoms in total. The van der Waals surface area contributed by atoms with Crippen molar-refractivity contribution >= 4 is 32.9 Å². The van der Waals surface area contributed by atoms with Gasteiger partial charge in [0.1, 0.15) is 5.75 Å². The highest BCUT2D eigenvalue weighted by Gasteiger charge is 2.13. The molecule has 0 aliphatic rings. The summed E-state index contributed by atoms with van der Waals surface area (Å²) in [5.41, 5.74) is 0. The molecule has 1 aromatic heterocycles. The molecule has 0 aliphatic heterocycles. The van der Waals surface area contributed by atoms with Gasteiger partial charge in [-0.05, 0) is 39.7 Å². The number of thiophene rings is 1. The van der Waals surface area contributed by atoms with E-state index in [0.29, 0.717) is 5.75 Å². The molecule has 1 heterocycles. The smallest absolute Gasteiger partial charge is 0.161 e. The van der Waals surface area contributed by atoms with E-state index in [9.17, 15) is 0 Å². The van der Waals surface area contributed by atoms with Crippen LogP contribution < -0.4 is 14.2 Å². The van der Waals surface area contributed by atoms with Crippen LogP contribution >= 0.6 is 11.3 Å². The quantitative estimate of drug-likeness (QED) is 0.720. The Morgan fingerprint density at radius 2 is 1.32 bits per heavy atom. The van der Waals surface area contributed by atoms with Crippen molar-refractivity contribution in [3.8, 4) is 17.2 Å². The van der Waals surface area contributed by atoms with E-state index in [1.54, 1.807) is 32.7 Å². The van der Waals surface area contributed by atoms with Gasteiger partial charge in [0.2, 0.25) is 0 Å². The number of benzene rings is 2. The predicted molar refractivity (Wildman–Crippen MR) is 79.0 cm³/mol. The number of fused-ring (bicyclic) bond motifs is 3. The van der Waals surface area contributed by atoms with E-state index in [-0.39, 0.29) is 0 Å². The van der Waals surface area contributed by atoms with Gasteiger partial charge in [-0.25, -0.2) is 0 Å². The summed E-state index contributed by atoms with van der Waals surface area (Å²) >= 11 is 1.68. The summed E-state index contributed by atoms with van der Waals surface area (Å²) in [5, 5.41) is 8.81. The maximum Gasteiger partial charge on any atom is 0.161 e. The predicted octanol–water partition coefficient (Wildman–Crippen LogP) is 4.08. The molecule has 4 heteroatoms. The maximum atomic E-state index is 5.49. The van der Waals surface area contributed by atoms with Crippen LogP contribution in [0.25, 0.3) is 21.5 Å². The average Bonchev–Trinajstić information content (AvgIpc) is 2.93. The second-order valence-electron chi connectivity index (χ2n) is 4.21. The molecule has 3 rings (SSSR count). The van der Waals surface area contributed by atoms with E-state index in [4.69, 9.17) is 14.2 Å². The molecule has 0 spiro atoms. The van der Waals surface area contributed by atoms with E-state index in [0.717, 1.165) is 22.3 Å². The van der Waals surface area contributed by atoms with Crippen LogP contribution in [0.5, 0.6) is 17.2 Å². The minimum Gasteiger partial charge on any atom is -0.496 e. The number of methoxy groups -OCH3 is 3. The van der Waals surface area contributed by atoms with Crippen LogP contribution in [-0.4, -0.2) is 21.3 Å². The van der Waals surface area contributed by atoms with Crippen molar-refractivity contribution in [1.29, 1.82) is 0 Å². The zero-order valence-electron chi connectivity index (χ0n) is 11.0. The summed E-state index contributed by atoms with van der Waals surface area (Å²) < 4.78 is 16.2. The van der Waals surface area contributed by atoms with Gasteiger partial charge in [-0.1, -0.05) is 0 Å². The maximum absolute atomic E-state index is 5.49. The van der Waals surface area contributed by atoms with Crippen molar-refractivity contribution in [2.45, 2.75) is 0 Å². The first-order chi connectivity index (χ1) is 9.28. The van der Waals surface area contributed by atoms with Gasteiger partial charge in [-0.3, -0.25) is 0 Å². The van der Waals surface area contributed by atoms with Crippen LogP contribution in [0.2, 0.25) is 0 Å². The van der Waals surface area contributed by atoms with Gasteiger partial charge in [0.25, 0.3) is 0 Å². The van der Waals surface area contributed by atoms with Gasteiger partial charge in [0.05, 0.1) is 21.3 Å². The van der Waals surface area contributed by atoms with E-state index < -0.39 is 0 Å². The standard InChI is InChI=1S/C15H14O3S/c1-16-13-4-9-7-19-8-12(9)10-5-14(17-2)15(18-3)6-11(10)13/h4-8H,1-3H3. The average molecular weight is 274 g/mol. The molecular formula is C15H14O3S. The molecular weight excluding hydrogens is 260 g/mol. The number of hydrogen-bond donors (Lipinski definition) is 0. The fraction of sp³-hybridized carbons (Fsp3) is 0.200. The second kappa shape index (κ2) is 4.63. The second-order valence-corrected chi connectivity index (χ2v) is 4.95. The SMILES string of the molecule is COc1cc2c(OC)cc3cscc3c2cc1OC. The molecule has 0 radical (unpaired) electrons. The Labute approximate surface area is 115 Å². The van der Waals surface area contributed by atoms with E-state index in [2.05, 4.69) is 16.8 Å². The van der Waals surface area contributed by atoms with Crippen LogP contribution in [0.4, 0.5) is 0 Å². The highest BCUT2D eigenvalue weighted by molar-refractivity contribution is 7.09. The van der Waals surface area contributed by atoms with Crippen LogP contribution in [0, 0.1) is 0 Å². The Morgan fingerprint density at radius 3 is 1.95 bits per heavy atom. The summed E-state index contributed by atoms with van der Waals surface area (Å²) in [6, 6.07) is 6.02. The first-order valence-electron chi connectivity index (χ1n) is 5.87. The Morgan fingerprint density at radius 1 is 0.684 bits per heavy atom. The normalized spacial score (nSPS) is 10.9. The molecule has 3 aromatic rings. The van der Waals surface area contributed by atoms with Crippen molar-refractivity contribution in [3.63, 3.8) is 0 Å². The molecule has 2 aromatic carbocycles. The van der Waals surface area contributed by atoms with Crippen molar-refractivity contribution in [2.24, 2.45) is 0 Å². The van der Waals surface area contributed by atoms with Gasteiger partial charge in [-0.15, -0.1) is 0 Å². The molecule has 0 bridgehead atoms. The number of hydrogen-bond acceptors (Lipinski definition) is 4. The lowest BCUT2D eigenvalue weighted by atomic mass is 10.0. The third-order valence-electron chi connectivity index (χ3n) is 3.28. The Kier molecular flexibility index (Phi) is 2.95. The molecule has 0 unspecified atom stereocenters. The lowest BCUT2D eigenvalue weighted by Crippen LogP contribution is -1.92. The molecule has 0 amide bonds. The lowest BCUT2D eigenvalue weighted by molar-refractivity contribution is 0.355. The molecule has 0 saturated carbocycles. The zero-order valence-corrected chi connectivity index (χ0v) is 11.8. The van der Waals surface area contributed by atoms with Crippen molar-refractivity contribution in [1.82, 2.24) is 0 Å². The Bertz CT molecular complexity index is 746. The molecule has 0 aliphatic carbocycles. The fourth-order valence-electron chi connectivity index (χ4n) is 2.33. The topological polar surface area (TPSA) is 27.7 Å². The van der Waals surface area contributed by atoms with Gasteiger partial charge in [0, 0.05) is 10.8 Å². The minimum atomic E-state index is 0.711.